The Balaban J connectivity index is 1.22. The van der Waals surface area contributed by atoms with Crippen LogP contribution in [0, 0.1) is 12.8 Å². The van der Waals surface area contributed by atoms with E-state index in [-0.39, 0.29) is 17.9 Å². The summed E-state index contributed by atoms with van der Waals surface area (Å²) in [7, 11) is 2.96. The maximum absolute atomic E-state index is 12.7. The number of urea groups is 1. The van der Waals surface area contributed by atoms with Crippen molar-refractivity contribution in [1.29, 1.82) is 0 Å². The molecule has 2 aromatic rings. The molecule has 3 amide bonds. The van der Waals surface area contributed by atoms with Crippen molar-refractivity contribution >= 4 is 29.3 Å². The standard InChI is InChI=1S/C30H39N3O5/c1-20-6-16-27(37-2)25(19-20)32-30(36)31-24-14-12-23(13-15-24)22-10-7-21(8-11-22)9-17-28(34)33-18-4-5-26(33)29(35)38-3/h6,12-16,19,21-22,26H,4-5,7-11,17-18H2,1-3H3,(H2,31,32,36)/t21?,22?,26-/m1/s1. The first kappa shape index (κ1) is 27.5. The summed E-state index contributed by atoms with van der Waals surface area (Å²) in [5.41, 5.74) is 3.68. The normalized spacial score (nSPS) is 21.0. The zero-order valence-electron chi connectivity index (χ0n) is 22.6. The monoisotopic (exact) mass is 521 g/mol. The summed E-state index contributed by atoms with van der Waals surface area (Å²) in [6, 6.07) is 13.0. The molecule has 1 atom stereocenters. The van der Waals surface area contributed by atoms with E-state index in [0.717, 1.165) is 49.8 Å². The molecule has 8 heteroatoms. The molecule has 1 aliphatic carbocycles. The van der Waals surface area contributed by atoms with E-state index < -0.39 is 6.04 Å². The first-order valence-electron chi connectivity index (χ1n) is 13.6. The molecule has 8 nitrogen and oxygen atoms in total. The number of aryl methyl sites for hydroxylation is 1. The smallest absolute Gasteiger partial charge is 0.328 e. The van der Waals surface area contributed by atoms with Gasteiger partial charge >= 0.3 is 12.0 Å². The number of likely N-dealkylation sites (tertiary alicyclic amines) is 1. The molecule has 1 saturated carbocycles. The topological polar surface area (TPSA) is 97.0 Å². The molecular weight excluding hydrogens is 482 g/mol. The van der Waals surface area contributed by atoms with Gasteiger partial charge in [-0.15, -0.1) is 0 Å². The van der Waals surface area contributed by atoms with Crippen LogP contribution in [-0.4, -0.2) is 49.6 Å². The number of hydrogen-bond donors (Lipinski definition) is 2. The molecule has 0 aromatic heterocycles. The van der Waals surface area contributed by atoms with Crippen molar-refractivity contribution in [3.8, 4) is 5.75 Å². The Kier molecular flexibility index (Phi) is 9.26. The number of nitrogens with zero attached hydrogens (tertiary/aromatic N) is 1. The van der Waals surface area contributed by atoms with Crippen molar-refractivity contribution in [3.05, 3.63) is 53.6 Å². The number of nitrogens with one attached hydrogen (secondary N) is 2. The van der Waals surface area contributed by atoms with E-state index in [1.807, 2.05) is 37.3 Å². The van der Waals surface area contributed by atoms with Gasteiger partial charge < -0.3 is 25.0 Å². The average Bonchev–Trinajstić information content (AvgIpc) is 3.42. The molecule has 2 aliphatic rings. The molecule has 2 N–H and O–H groups in total. The first-order chi connectivity index (χ1) is 18.4. The van der Waals surface area contributed by atoms with E-state index >= 15 is 0 Å². The van der Waals surface area contributed by atoms with Crippen molar-refractivity contribution in [3.63, 3.8) is 0 Å². The van der Waals surface area contributed by atoms with Crippen LogP contribution in [-0.2, 0) is 14.3 Å². The summed E-state index contributed by atoms with van der Waals surface area (Å²) >= 11 is 0. The highest BCUT2D eigenvalue weighted by Crippen LogP contribution is 2.38. The largest absolute Gasteiger partial charge is 0.495 e. The Morgan fingerprint density at radius 3 is 2.37 bits per heavy atom. The van der Waals surface area contributed by atoms with Gasteiger partial charge in [-0.25, -0.2) is 9.59 Å². The fraction of sp³-hybridized carbons (Fsp3) is 0.500. The lowest BCUT2D eigenvalue weighted by Crippen LogP contribution is -2.41. The summed E-state index contributed by atoms with van der Waals surface area (Å²) < 4.78 is 10.2. The fourth-order valence-electron chi connectivity index (χ4n) is 5.74. The number of ether oxygens (including phenoxy) is 2. The van der Waals surface area contributed by atoms with Crippen LogP contribution in [0.1, 0.15) is 68.4 Å². The van der Waals surface area contributed by atoms with E-state index in [0.29, 0.717) is 42.7 Å². The lowest BCUT2D eigenvalue weighted by molar-refractivity contribution is -0.151. The molecule has 0 bridgehead atoms. The quantitative estimate of drug-likeness (QED) is 0.424. The number of rotatable bonds is 8. The minimum absolute atomic E-state index is 0.0768. The molecule has 1 saturated heterocycles. The fourth-order valence-corrected chi connectivity index (χ4v) is 5.74. The first-order valence-corrected chi connectivity index (χ1v) is 13.6. The zero-order valence-corrected chi connectivity index (χ0v) is 22.6. The summed E-state index contributed by atoms with van der Waals surface area (Å²) in [5.74, 6) is 1.42. The van der Waals surface area contributed by atoms with E-state index in [2.05, 4.69) is 22.8 Å². The molecule has 0 spiro atoms. The Morgan fingerprint density at radius 2 is 1.68 bits per heavy atom. The van der Waals surface area contributed by atoms with Crippen LogP contribution < -0.4 is 15.4 Å². The average molecular weight is 522 g/mol. The van der Waals surface area contributed by atoms with Crippen molar-refractivity contribution in [1.82, 2.24) is 4.90 Å². The number of anilines is 2. The van der Waals surface area contributed by atoms with Crippen LogP contribution in [0.5, 0.6) is 5.75 Å². The zero-order chi connectivity index (χ0) is 27.1. The summed E-state index contributed by atoms with van der Waals surface area (Å²) in [6.07, 6.45) is 7.31. The van der Waals surface area contributed by atoms with Gasteiger partial charge in [-0.3, -0.25) is 4.79 Å². The van der Waals surface area contributed by atoms with Crippen molar-refractivity contribution < 1.29 is 23.9 Å². The lowest BCUT2D eigenvalue weighted by atomic mass is 9.77. The molecule has 4 rings (SSSR count). The molecular formula is C30H39N3O5. The van der Waals surface area contributed by atoms with Crippen LogP contribution in [0.15, 0.2) is 42.5 Å². The molecule has 2 aromatic carbocycles. The van der Waals surface area contributed by atoms with Crippen molar-refractivity contribution in [2.45, 2.75) is 70.3 Å². The van der Waals surface area contributed by atoms with Gasteiger partial charge in [0.25, 0.3) is 0 Å². The predicted octanol–water partition coefficient (Wildman–Crippen LogP) is 5.87. The van der Waals surface area contributed by atoms with Crippen LogP contribution in [0.25, 0.3) is 0 Å². The lowest BCUT2D eigenvalue weighted by Gasteiger charge is -2.29. The van der Waals surface area contributed by atoms with Gasteiger partial charge in [0, 0.05) is 18.7 Å². The van der Waals surface area contributed by atoms with Gasteiger partial charge in [-0.2, -0.15) is 0 Å². The van der Waals surface area contributed by atoms with Crippen LogP contribution in [0.3, 0.4) is 0 Å². The second-order valence-electron chi connectivity index (χ2n) is 10.4. The Hall–Kier alpha value is -3.55. The third kappa shape index (κ3) is 6.85. The van der Waals surface area contributed by atoms with Gasteiger partial charge in [0.2, 0.25) is 5.91 Å². The maximum atomic E-state index is 12.7. The molecule has 1 heterocycles. The van der Waals surface area contributed by atoms with E-state index in [9.17, 15) is 14.4 Å². The summed E-state index contributed by atoms with van der Waals surface area (Å²) in [6.45, 7) is 2.61. The second-order valence-corrected chi connectivity index (χ2v) is 10.4. The minimum atomic E-state index is -0.405. The number of benzene rings is 2. The SMILES string of the molecule is COC(=O)[C@H]1CCCN1C(=O)CCC1CCC(c2ccc(NC(=O)Nc3cc(C)ccc3OC)cc2)CC1. The van der Waals surface area contributed by atoms with Gasteiger partial charge in [0.15, 0.2) is 0 Å². The van der Waals surface area contributed by atoms with E-state index in [4.69, 9.17) is 9.47 Å². The molecule has 0 radical (unpaired) electrons. The highest BCUT2D eigenvalue weighted by Gasteiger charge is 2.35. The third-order valence-electron chi connectivity index (χ3n) is 7.90. The number of amides is 3. The van der Waals surface area contributed by atoms with Gasteiger partial charge in [0.05, 0.1) is 19.9 Å². The van der Waals surface area contributed by atoms with Crippen molar-refractivity contribution in [2.75, 3.05) is 31.4 Å². The van der Waals surface area contributed by atoms with Crippen LogP contribution >= 0.6 is 0 Å². The number of esters is 1. The minimum Gasteiger partial charge on any atom is -0.495 e. The highest BCUT2D eigenvalue weighted by atomic mass is 16.5. The molecule has 2 fully saturated rings. The summed E-state index contributed by atoms with van der Waals surface area (Å²) in [5, 5.41) is 5.75. The van der Waals surface area contributed by atoms with E-state index in [1.54, 1.807) is 12.0 Å². The Bertz CT molecular complexity index is 1130. The molecule has 204 valence electrons. The predicted molar refractivity (Wildman–Crippen MR) is 147 cm³/mol. The molecule has 1 aliphatic heterocycles. The third-order valence-corrected chi connectivity index (χ3v) is 7.90. The maximum Gasteiger partial charge on any atom is 0.328 e. The van der Waals surface area contributed by atoms with E-state index in [1.165, 1.54) is 12.7 Å². The van der Waals surface area contributed by atoms with Gasteiger partial charge in [0.1, 0.15) is 11.8 Å². The van der Waals surface area contributed by atoms with Crippen LogP contribution in [0.4, 0.5) is 16.2 Å². The van der Waals surface area contributed by atoms with Gasteiger partial charge in [-0.05, 0) is 99.1 Å². The Morgan fingerprint density at radius 1 is 0.947 bits per heavy atom. The Labute approximate surface area is 225 Å². The number of carbonyl (C=O) groups excluding carboxylic acids is 3. The van der Waals surface area contributed by atoms with Gasteiger partial charge in [-0.1, -0.05) is 18.2 Å². The molecule has 38 heavy (non-hydrogen) atoms. The number of hydrogen-bond acceptors (Lipinski definition) is 5. The number of methoxy groups -OCH3 is 2. The summed E-state index contributed by atoms with van der Waals surface area (Å²) in [4.78, 5) is 38.9. The highest BCUT2D eigenvalue weighted by molar-refractivity contribution is 6.00. The van der Waals surface area contributed by atoms with Crippen LogP contribution in [0.2, 0.25) is 0 Å². The second kappa shape index (κ2) is 12.8. The molecule has 0 unspecified atom stereocenters. The number of carbonyl (C=O) groups is 3. The van der Waals surface area contributed by atoms with Crippen molar-refractivity contribution in [2.24, 2.45) is 5.92 Å².